The van der Waals surface area contributed by atoms with Crippen LogP contribution in [-0.2, 0) is 0 Å². The Balaban J connectivity index is 1.35. The Morgan fingerprint density at radius 3 is 1.70 bits per heavy atom. The number of para-hydroxylation sites is 3. The van der Waals surface area contributed by atoms with Crippen molar-refractivity contribution in [3.05, 3.63) is 168 Å². The largest absolute Gasteiger partial charge is 0.456 e. The zero-order valence-corrected chi connectivity index (χ0v) is 25.2. The normalized spacial score (nSPS) is 11.9. The molecule has 0 bridgehead atoms. The van der Waals surface area contributed by atoms with Crippen molar-refractivity contribution in [2.75, 3.05) is 0 Å². The zero-order chi connectivity index (χ0) is 31.1. The number of nitrogens with zero attached hydrogens (tertiary/aromatic N) is 2. The first kappa shape index (κ1) is 25.9. The zero-order valence-electron chi connectivity index (χ0n) is 25.2. The van der Waals surface area contributed by atoms with Crippen LogP contribution in [0.1, 0.15) is 0 Å². The first-order chi connectivity index (χ1) is 23.3. The van der Waals surface area contributed by atoms with Crippen LogP contribution in [-0.4, -0.2) is 9.13 Å². The molecule has 7 aromatic carbocycles. The minimum atomic E-state index is -0.0353. The molecule has 4 heteroatoms. The average molecular weight is 603 g/mol. The highest BCUT2D eigenvalue weighted by atomic mass is 16.3. The third-order valence-electron chi connectivity index (χ3n) is 9.51. The van der Waals surface area contributed by atoms with Crippen LogP contribution in [0.5, 0.6) is 0 Å². The lowest BCUT2D eigenvalue weighted by molar-refractivity contribution is 0.660. The Hall–Kier alpha value is -6.39. The Labute approximate surface area is 268 Å². The van der Waals surface area contributed by atoms with Crippen LogP contribution in [0.25, 0.3) is 88.1 Å². The predicted molar refractivity (Wildman–Crippen MR) is 194 cm³/mol. The van der Waals surface area contributed by atoms with Crippen molar-refractivity contribution in [2.45, 2.75) is 0 Å². The van der Waals surface area contributed by atoms with Crippen LogP contribution in [0.2, 0.25) is 0 Å². The van der Waals surface area contributed by atoms with E-state index in [1.54, 1.807) is 0 Å². The smallest absolute Gasteiger partial charge is 0.201 e. The molecule has 0 aliphatic heterocycles. The van der Waals surface area contributed by atoms with Crippen LogP contribution in [0.15, 0.2) is 167 Å². The Morgan fingerprint density at radius 2 is 1.02 bits per heavy atom. The molecule has 3 heterocycles. The summed E-state index contributed by atoms with van der Waals surface area (Å²) in [6.45, 7) is 0. The number of fused-ring (bicyclic) bond motifs is 9. The molecule has 0 aliphatic rings. The van der Waals surface area contributed by atoms with Gasteiger partial charge < -0.3 is 13.6 Å². The van der Waals surface area contributed by atoms with E-state index in [9.17, 15) is 4.79 Å². The van der Waals surface area contributed by atoms with Gasteiger partial charge in [-0.15, -0.1) is 0 Å². The summed E-state index contributed by atoms with van der Waals surface area (Å²) in [5, 5.41) is 5.84. The van der Waals surface area contributed by atoms with E-state index < -0.39 is 0 Å². The van der Waals surface area contributed by atoms with Crippen LogP contribution in [0.4, 0.5) is 0 Å². The van der Waals surface area contributed by atoms with Crippen molar-refractivity contribution in [2.24, 2.45) is 0 Å². The van der Waals surface area contributed by atoms with Gasteiger partial charge in [0.2, 0.25) is 5.43 Å². The topological polar surface area (TPSA) is 40.1 Å². The molecule has 0 N–H and O–H groups in total. The molecule has 220 valence electrons. The monoisotopic (exact) mass is 602 g/mol. The fourth-order valence-electron chi connectivity index (χ4n) is 7.50. The number of hydrogen-bond acceptors (Lipinski definition) is 2. The summed E-state index contributed by atoms with van der Waals surface area (Å²) in [6.07, 6.45) is 0. The van der Waals surface area contributed by atoms with Crippen LogP contribution in [0.3, 0.4) is 0 Å². The molecule has 4 nitrogen and oxygen atoms in total. The van der Waals surface area contributed by atoms with Crippen molar-refractivity contribution in [3.63, 3.8) is 0 Å². The van der Waals surface area contributed by atoms with Crippen LogP contribution in [0, 0.1) is 0 Å². The summed E-state index contributed by atoms with van der Waals surface area (Å²) in [5.74, 6) is 0. The van der Waals surface area contributed by atoms with Gasteiger partial charge in [-0.1, -0.05) is 109 Å². The Bertz CT molecular complexity index is 2910. The van der Waals surface area contributed by atoms with E-state index in [1.807, 2.05) is 60.7 Å². The second-order valence-electron chi connectivity index (χ2n) is 12.1. The molecular weight excluding hydrogens is 576 g/mol. The molecule has 0 unspecified atom stereocenters. The molecular formula is C43H26N2O2. The third kappa shape index (κ3) is 3.67. The van der Waals surface area contributed by atoms with Gasteiger partial charge in [0.1, 0.15) is 11.2 Å². The second kappa shape index (κ2) is 9.80. The molecule has 0 saturated heterocycles. The van der Waals surface area contributed by atoms with E-state index in [0.717, 1.165) is 55.3 Å². The lowest BCUT2D eigenvalue weighted by Crippen LogP contribution is -2.05. The van der Waals surface area contributed by atoms with E-state index >= 15 is 0 Å². The molecule has 0 amide bonds. The SMILES string of the molecule is O=c1c2cc(-n3c4ccccc4c4ccc5c6ccccc6n(-c6ccccc6)c5c43)ccc2oc2cccc(-c3ccccc3)c12. The van der Waals surface area contributed by atoms with E-state index in [-0.39, 0.29) is 5.43 Å². The summed E-state index contributed by atoms with van der Waals surface area (Å²) in [6, 6.07) is 54.0. The molecule has 0 saturated carbocycles. The maximum absolute atomic E-state index is 14.4. The van der Waals surface area contributed by atoms with Crippen LogP contribution >= 0.6 is 0 Å². The average Bonchev–Trinajstić information content (AvgIpc) is 3.65. The van der Waals surface area contributed by atoms with Gasteiger partial charge >= 0.3 is 0 Å². The number of aromatic nitrogens is 2. The van der Waals surface area contributed by atoms with Crippen molar-refractivity contribution in [1.82, 2.24) is 9.13 Å². The number of hydrogen-bond donors (Lipinski definition) is 0. The summed E-state index contributed by atoms with van der Waals surface area (Å²) in [4.78, 5) is 14.4. The molecule has 0 fully saturated rings. The van der Waals surface area contributed by atoms with Crippen molar-refractivity contribution in [1.29, 1.82) is 0 Å². The summed E-state index contributed by atoms with van der Waals surface area (Å²) >= 11 is 0. The van der Waals surface area contributed by atoms with E-state index in [0.29, 0.717) is 21.9 Å². The first-order valence-corrected chi connectivity index (χ1v) is 15.8. The number of benzene rings is 7. The van der Waals surface area contributed by atoms with Gasteiger partial charge in [0, 0.05) is 32.9 Å². The second-order valence-corrected chi connectivity index (χ2v) is 12.1. The molecule has 3 aromatic heterocycles. The lowest BCUT2D eigenvalue weighted by atomic mass is 9.99. The highest BCUT2D eigenvalue weighted by molar-refractivity contribution is 6.23. The molecule has 47 heavy (non-hydrogen) atoms. The van der Waals surface area contributed by atoms with Crippen molar-refractivity contribution < 1.29 is 4.42 Å². The van der Waals surface area contributed by atoms with Crippen molar-refractivity contribution >= 4 is 65.6 Å². The first-order valence-electron chi connectivity index (χ1n) is 15.8. The van der Waals surface area contributed by atoms with Crippen LogP contribution < -0.4 is 5.43 Å². The van der Waals surface area contributed by atoms with E-state index in [4.69, 9.17) is 4.42 Å². The molecule has 0 aliphatic carbocycles. The molecule has 10 aromatic rings. The Kier molecular flexibility index (Phi) is 5.40. The number of rotatable bonds is 3. The standard InChI is InChI=1S/C43H26N2O2/c46-43-35-26-29(22-25-38(35)47-39-21-11-18-30(40(39)43)27-12-3-1-4-13-27)45-37-20-10-8-17-32(37)34-24-23-33-31-16-7-9-19-36(31)44(41(33)42(34)45)28-14-5-2-6-15-28/h1-26H. The molecule has 10 rings (SSSR count). The van der Waals surface area contributed by atoms with Gasteiger partial charge in [0.05, 0.1) is 32.8 Å². The highest BCUT2D eigenvalue weighted by Crippen LogP contribution is 2.42. The summed E-state index contributed by atoms with van der Waals surface area (Å²) in [7, 11) is 0. The van der Waals surface area contributed by atoms with Gasteiger partial charge in [-0.05, 0) is 59.7 Å². The van der Waals surface area contributed by atoms with E-state index in [1.165, 1.54) is 10.8 Å². The summed E-state index contributed by atoms with van der Waals surface area (Å²) in [5.41, 5.74) is 9.43. The quantitative estimate of drug-likeness (QED) is 0.189. The third-order valence-corrected chi connectivity index (χ3v) is 9.51. The maximum atomic E-state index is 14.4. The summed E-state index contributed by atoms with van der Waals surface area (Å²) < 4.78 is 11.1. The molecule has 0 atom stereocenters. The molecule has 0 spiro atoms. The van der Waals surface area contributed by atoms with Gasteiger partial charge in [0.25, 0.3) is 0 Å². The van der Waals surface area contributed by atoms with Gasteiger partial charge in [0.15, 0.2) is 0 Å². The predicted octanol–water partition coefficient (Wildman–Crippen LogP) is 10.8. The van der Waals surface area contributed by atoms with Gasteiger partial charge in [-0.2, -0.15) is 0 Å². The molecule has 0 radical (unpaired) electrons. The minimum absolute atomic E-state index is 0.0353. The fraction of sp³-hybridized carbons (Fsp3) is 0. The fourth-order valence-corrected chi connectivity index (χ4v) is 7.50. The highest BCUT2D eigenvalue weighted by Gasteiger charge is 2.22. The maximum Gasteiger partial charge on any atom is 0.201 e. The van der Waals surface area contributed by atoms with Gasteiger partial charge in [-0.25, -0.2) is 0 Å². The van der Waals surface area contributed by atoms with E-state index in [2.05, 4.69) is 106 Å². The lowest BCUT2D eigenvalue weighted by Gasteiger charge is -2.13. The van der Waals surface area contributed by atoms with Gasteiger partial charge in [-0.3, -0.25) is 4.79 Å². The minimum Gasteiger partial charge on any atom is -0.456 e. The Morgan fingerprint density at radius 1 is 0.426 bits per heavy atom. The van der Waals surface area contributed by atoms with Crippen molar-refractivity contribution in [3.8, 4) is 22.5 Å².